The topological polar surface area (TPSA) is 65.5 Å². The molecule has 6 heteroatoms. The molecular weight excluding hydrogens is 424 g/mol. The lowest BCUT2D eigenvalue weighted by Crippen LogP contribution is -2.56. The van der Waals surface area contributed by atoms with E-state index >= 15 is 0 Å². The molecule has 2 aliphatic heterocycles. The van der Waals surface area contributed by atoms with Gasteiger partial charge in [0.05, 0.1) is 0 Å². The third-order valence-corrected chi connectivity index (χ3v) is 9.44. The molecule has 34 heavy (non-hydrogen) atoms. The lowest BCUT2D eigenvalue weighted by molar-refractivity contribution is -0.134. The Labute approximate surface area is 204 Å². The first-order valence-electron chi connectivity index (χ1n) is 13.3. The fourth-order valence-corrected chi connectivity index (χ4v) is 7.16. The summed E-state index contributed by atoms with van der Waals surface area (Å²) in [5.74, 6) is 1.80. The number of nitrogens with zero attached hydrogens (tertiary/aromatic N) is 3. The molecule has 6 rings (SSSR count). The third-order valence-electron chi connectivity index (χ3n) is 9.44. The van der Waals surface area contributed by atoms with Crippen molar-refractivity contribution < 1.29 is 9.59 Å². The Morgan fingerprint density at radius 1 is 1.15 bits per heavy atom. The van der Waals surface area contributed by atoms with E-state index in [-0.39, 0.29) is 17.9 Å². The van der Waals surface area contributed by atoms with Gasteiger partial charge in [-0.15, -0.1) is 0 Å². The quantitative estimate of drug-likeness (QED) is 0.457. The molecule has 0 spiro atoms. The van der Waals surface area contributed by atoms with Gasteiger partial charge in [0.2, 0.25) is 0 Å². The molecule has 0 radical (unpaired) electrons. The van der Waals surface area contributed by atoms with Crippen LogP contribution in [-0.2, 0) is 11.2 Å². The molecule has 3 amide bonds. The van der Waals surface area contributed by atoms with Crippen molar-refractivity contribution in [2.45, 2.75) is 71.3 Å². The summed E-state index contributed by atoms with van der Waals surface area (Å²) in [6, 6.07) is 5.53. The molecule has 2 bridgehead atoms. The van der Waals surface area contributed by atoms with Crippen molar-refractivity contribution in [3.05, 3.63) is 41.7 Å². The van der Waals surface area contributed by atoms with Gasteiger partial charge in [-0.2, -0.15) is 0 Å². The highest BCUT2D eigenvalue weighted by Gasteiger charge is 2.55. The van der Waals surface area contributed by atoms with Crippen LogP contribution in [0, 0.1) is 23.2 Å². The van der Waals surface area contributed by atoms with Gasteiger partial charge in [-0.25, -0.2) is 4.79 Å². The summed E-state index contributed by atoms with van der Waals surface area (Å²) in [6.07, 6.45) is 11.0. The normalized spacial score (nSPS) is 31.3. The largest absolute Gasteiger partial charge is 0.325 e. The van der Waals surface area contributed by atoms with E-state index in [1.54, 1.807) is 11.8 Å². The molecular formula is C28H40N4O2. The maximum absolute atomic E-state index is 13.7. The van der Waals surface area contributed by atoms with Crippen LogP contribution in [0.2, 0.25) is 0 Å². The summed E-state index contributed by atoms with van der Waals surface area (Å²) in [5.41, 5.74) is 2.27. The molecule has 1 N–H and O–H groups in total. The van der Waals surface area contributed by atoms with E-state index < -0.39 is 5.54 Å². The molecule has 1 aromatic heterocycles. The fraction of sp³-hybridized carbons (Fsp3) is 0.679. The maximum atomic E-state index is 13.7. The smallest absolute Gasteiger partial charge is 0.323 e. The number of carbonyl (C=O) groups is 2. The van der Waals surface area contributed by atoms with Crippen molar-refractivity contribution in [1.82, 2.24) is 20.1 Å². The van der Waals surface area contributed by atoms with Crippen LogP contribution < -0.4 is 5.32 Å². The second-order valence-electron chi connectivity index (χ2n) is 11.6. The minimum absolute atomic E-state index is 0.0222. The van der Waals surface area contributed by atoms with Gasteiger partial charge in [-0.3, -0.25) is 19.6 Å². The summed E-state index contributed by atoms with van der Waals surface area (Å²) in [5, 5.41) is 3.18. The second kappa shape index (κ2) is 9.10. The van der Waals surface area contributed by atoms with Crippen LogP contribution in [0.3, 0.4) is 0 Å². The zero-order chi connectivity index (χ0) is 23.9. The standard InChI is InChI=1S/C28H40N4O2/c1-4-13-28(25(33)32(26(34)30-28)17-12-23-7-5-6-14-29-23)21-10-15-31(16-11-21)19-20-8-9-22-18-24(20)27(22,2)3/h5-8,14,21-22,24H,4,9-13,15-19H2,1-3H3,(H,30,34)/t22-,24-,28?/m0/s1. The SMILES string of the molecule is CCCC1(C2CCN(CC3=CC[C@H]4C[C@@H]3C4(C)C)CC2)NC(=O)N(CCc2ccccn2)C1=O. The van der Waals surface area contributed by atoms with Gasteiger partial charge >= 0.3 is 6.03 Å². The molecule has 6 nitrogen and oxygen atoms in total. The van der Waals surface area contributed by atoms with Gasteiger partial charge in [0.1, 0.15) is 5.54 Å². The Kier molecular flexibility index (Phi) is 6.30. The van der Waals surface area contributed by atoms with Crippen LogP contribution in [0.5, 0.6) is 0 Å². The van der Waals surface area contributed by atoms with Crippen LogP contribution in [0.1, 0.15) is 65.0 Å². The molecule has 1 unspecified atom stereocenters. The highest BCUT2D eigenvalue weighted by Crippen LogP contribution is 2.59. The number of rotatable bonds is 8. The molecule has 3 heterocycles. The summed E-state index contributed by atoms with van der Waals surface area (Å²) >= 11 is 0. The number of fused-ring (bicyclic) bond motifs is 1. The Bertz CT molecular complexity index is 950. The van der Waals surface area contributed by atoms with E-state index in [0.717, 1.165) is 56.4 Å². The lowest BCUT2D eigenvalue weighted by atomic mass is 9.49. The van der Waals surface area contributed by atoms with Gasteiger partial charge in [-0.1, -0.05) is 44.9 Å². The number of likely N-dealkylation sites (tertiary alicyclic amines) is 1. The summed E-state index contributed by atoms with van der Waals surface area (Å²) in [4.78, 5) is 35.0. The van der Waals surface area contributed by atoms with Crippen LogP contribution in [0.4, 0.5) is 4.79 Å². The van der Waals surface area contributed by atoms with E-state index in [1.165, 1.54) is 17.7 Å². The number of amides is 3. The van der Waals surface area contributed by atoms with E-state index in [9.17, 15) is 9.59 Å². The Morgan fingerprint density at radius 2 is 1.94 bits per heavy atom. The summed E-state index contributed by atoms with van der Waals surface area (Å²) < 4.78 is 0. The average Bonchev–Trinajstić information content (AvgIpc) is 3.08. The van der Waals surface area contributed by atoms with Gasteiger partial charge in [0, 0.05) is 31.4 Å². The number of aromatic nitrogens is 1. The second-order valence-corrected chi connectivity index (χ2v) is 11.6. The first-order chi connectivity index (χ1) is 16.3. The zero-order valence-electron chi connectivity index (χ0n) is 21.1. The molecule has 1 saturated carbocycles. The minimum atomic E-state index is -0.741. The van der Waals surface area contributed by atoms with E-state index in [2.05, 4.69) is 42.0 Å². The Balaban J connectivity index is 1.22. The van der Waals surface area contributed by atoms with Gasteiger partial charge < -0.3 is 5.32 Å². The maximum Gasteiger partial charge on any atom is 0.325 e. The predicted molar refractivity (Wildman–Crippen MR) is 133 cm³/mol. The molecule has 3 aliphatic carbocycles. The average molecular weight is 465 g/mol. The first kappa shape index (κ1) is 23.5. The van der Waals surface area contributed by atoms with Crippen molar-refractivity contribution in [1.29, 1.82) is 0 Å². The monoisotopic (exact) mass is 464 g/mol. The highest BCUT2D eigenvalue weighted by molar-refractivity contribution is 6.07. The molecule has 3 atom stereocenters. The Morgan fingerprint density at radius 3 is 2.59 bits per heavy atom. The number of carbonyl (C=O) groups excluding carboxylic acids is 2. The lowest BCUT2D eigenvalue weighted by Gasteiger charge is -2.57. The van der Waals surface area contributed by atoms with Crippen molar-refractivity contribution in [3.8, 4) is 0 Å². The number of hydrogen-bond donors (Lipinski definition) is 1. The van der Waals surface area contributed by atoms with Crippen molar-refractivity contribution in [3.63, 3.8) is 0 Å². The highest BCUT2D eigenvalue weighted by atomic mass is 16.2. The number of allylic oxidation sites excluding steroid dienone is 1. The van der Waals surface area contributed by atoms with Crippen molar-refractivity contribution in [2.24, 2.45) is 23.2 Å². The summed E-state index contributed by atoms with van der Waals surface area (Å²) in [6.45, 7) is 10.4. The van der Waals surface area contributed by atoms with Crippen molar-refractivity contribution in [2.75, 3.05) is 26.2 Å². The van der Waals surface area contributed by atoms with Crippen LogP contribution in [-0.4, -0.2) is 58.4 Å². The van der Waals surface area contributed by atoms with E-state index in [1.807, 2.05) is 18.2 Å². The van der Waals surface area contributed by atoms with Crippen LogP contribution in [0.25, 0.3) is 0 Å². The number of piperidine rings is 1. The third kappa shape index (κ3) is 3.98. The number of pyridine rings is 1. The number of imide groups is 1. The van der Waals surface area contributed by atoms with Gasteiger partial charge in [-0.05, 0) is 80.5 Å². The molecule has 3 fully saturated rings. The number of hydrogen-bond acceptors (Lipinski definition) is 4. The number of urea groups is 1. The molecule has 184 valence electrons. The van der Waals surface area contributed by atoms with Gasteiger partial charge in [0.25, 0.3) is 5.91 Å². The molecule has 2 saturated heterocycles. The molecule has 0 aromatic carbocycles. The predicted octanol–water partition coefficient (Wildman–Crippen LogP) is 4.42. The minimum Gasteiger partial charge on any atom is -0.323 e. The van der Waals surface area contributed by atoms with E-state index in [4.69, 9.17) is 0 Å². The Hall–Kier alpha value is -2.21. The number of nitrogens with one attached hydrogen (secondary N) is 1. The fourth-order valence-electron chi connectivity index (χ4n) is 7.16. The molecule has 5 aliphatic rings. The van der Waals surface area contributed by atoms with Crippen LogP contribution in [0.15, 0.2) is 36.0 Å². The van der Waals surface area contributed by atoms with Crippen LogP contribution >= 0.6 is 0 Å². The van der Waals surface area contributed by atoms with Gasteiger partial charge in [0.15, 0.2) is 0 Å². The zero-order valence-corrected chi connectivity index (χ0v) is 21.1. The first-order valence-corrected chi connectivity index (χ1v) is 13.3. The summed E-state index contributed by atoms with van der Waals surface area (Å²) in [7, 11) is 0. The van der Waals surface area contributed by atoms with E-state index in [0.29, 0.717) is 24.8 Å². The van der Waals surface area contributed by atoms with Crippen molar-refractivity contribution >= 4 is 11.9 Å². The molecule has 1 aromatic rings.